The van der Waals surface area contributed by atoms with Gasteiger partial charge >= 0.3 is 0 Å². The molecule has 152 valence electrons. The Hall–Kier alpha value is -3.99. The average molecular weight is 406 g/mol. The van der Waals surface area contributed by atoms with Crippen LogP contribution in [0.1, 0.15) is 11.1 Å². The lowest BCUT2D eigenvalue weighted by molar-refractivity contribution is 0.953. The highest BCUT2D eigenvalue weighted by Gasteiger charge is 2.09. The normalized spacial score (nSPS) is 11.0. The number of benzene rings is 3. The van der Waals surface area contributed by atoms with Crippen LogP contribution in [0.3, 0.4) is 0 Å². The topological polar surface area (TPSA) is 55.6 Å². The molecule has 0 radical (unpaired) electrons. The van der Waals surface area contributed by atoms with Gasteiger partial charge in [0.1, 0.15) is 12.1 Å². The van der Waals surface area contributed by atoms with Gasteiger partial charge in [0.05, 0.1) is 11.0 Å². The molecular weight excluding hydrogens is 382 g/mol. The Morgan fingerprint density at radius 1 is 0.871 bits per heavy atom. The van der Waals surface area contributed by atoms with Crippen molar-refractivity contribution in [3.8, 4) is 16.9 Å². The molecule has 0 saturated carbocycles. The summed E-state index contributed by atoms with van der Waals surface area (Å²) in [6, 6.07) is 27.1. The molecule has 2 heterocycles. The number of hydrogen-bond donors (Lipinski definition) is 1. The Morgan fingerprint density at radius 3 is 2.58 bits per heavy atom. The van der Waals surface area contributed by atoms with E-state index in [1.54, 1.807) is 6.20 Å². The zero-order chi connectivity index (χ0) is 21.0. The SMILES string of the molecule is Cc1ccccc1-c1ccc2c(c1)ncn2-c1ccnc(NCCc2ccccc2)n1. The molecular formula is C26H23N5. The van der Waals surface area contributed by atoms with Crippen molar-refractivity contribution in [3.05, 3.63) is 103 Å². The molecule has 0 aliphatic rings. The number of hydrogen-bond acceptors (Lipinski definition) is 4. The molecule has 2 aromatic heterocycles. The summed E-state index contributed by atoms with van der Waals surface area (Å²) >= 11 is 0. The smallest absolute Gasteiger partial charge is 0.224 e. The van der Waals surface area contributed by atoms with Gasteiger partial charge in [0.25, 0.3) is 0 Å². The van der Waals surface area contributed by atoms with Crippen molar-refractivity contribution >= 4 is 17.0 Å². The van der Waals surface area contributed by atoms with Crippen LogP contribution in [-0.4, -0.2) is 26.1 Å². The fourth-order valence-corrected chi connectivity index (χ4v) is 3.79. The summed E-state index contributed by atoms with van der Waals surface area (Å²) in [5.41, 5.74) is 6.90. The van der Waals surface area contributed by atoms with Crippen molar-refractivity contribution in [2.45, 2.75) is 13.3 Å². The highest BCUT2D eigenvalue weighted by atomic mass is 15.2. The lowest BCUT2D eigenvalue weighted by Gasteiger charge is -2.09. The van der Waals surface area contributed by atoms with Gasteiger partial charge in [-0.1, -0.05) is 60.7 Å². The Kier molecular flexibility index (Phi) is 5.15. The fourth-order valence-electron chi connectivity index (χ4n) is 3.79. The average Bonchev–Trinajstić information content (AvgIpc) is 3.24. The summed E-state index contributed by atoms with van der Waals surface area (Å²) < 4.78 is 2.00. The van der Waals surface area contributed by atoms with Crippen molar-refractivity contribution in [2.75, 3.05) is 11.9 Å². The summed E-state index contributed by atoms with van der Waals surface area (Å²) in [6.45, 7) is 2.91. The predicted molar refractivity (Wildman–Crippen MR) is 125 cm³/mol. The first-order chi connectivity index (χ1) is 15.3. The molecule has 0 aliphatic carbocycles. The molecule has 0 bridgehead atoms. The van der Waals surface area contributed by atoms with Crippen molar-refractivity contribution in [1.29, 1.82) is 0 Å². The molecule has 0 saturated heterocycles. The molecule has 0 unspecified atom stereocenters. The predicted octanol–water partition coefficient (Wildman–Crippen LogP) is 5.45. The Morgan fingerprint density at radius 2 is 1.71 bits per heavy atom. The molecule has 5 rings (SSSR count). The van der Waals surface area contributed by atoms with Crippen molar-refractivity contribution in [1.82, 2.24) is 19.5 Å². The maximum absolute atomic E-state index is 4.69. The first-order valence-corrected chi connectivity index (χ1v) is 10.4. The third kappa shape index (κ3) is 4.03. The van der Waals surface area contributed by atoms with E-state index in [1.807, 2.05) is 23.0 Å². The molecule has 3 aromatic carbocycles. The monoisotopic (exact) mass is 405 g/mol. The molecule has 0 aliphatic heterocycles. The van der Waals surface area contributed by atoms with Gasteiger partial charge in [-0.25, -0.2) is 9.97 Å². The summed E-state index contributed by atoms with van der Waals surface area (Å²) in [4.78, 5) is 13.7. The molecule has 5 heteroatoms. The minimum atomic E-state index is 0.617. The Balaban J connectivity index is 1.38. The van der Waals surface area contributed by atoms with Crippen LogP contribution in [0.4, 0.5) is 5.95 Å². The molecule has 1 N–H and O–H groups in total. The number of aryl methyl sites for hydroxylation is 1. The van der Waals surface area contributed by atoms with Crippen LogP contribution >= 0.6 is 0 Å². The van der Waals surface area contributed by atoms with Crippen LogP contribution < -0.4 is 5.32 Å². The molecule has 5 nitrogen and oxygen atoms in total. The first kappa shape index (κ1) is 19.0. The second-order valence-electron chi connectivity index (χ2n) is 7.53. The molecule has 0 amide bonds. The number of anilines is 1. The largest absolute Gasteiger partial charge is 0.354 e. The van der Waals surface area contributed by atoms with E-state index < -0.39 is 0 Å². The van der Waals surface area contributed by atoms with Gasteiger partial charge in [0.15, 0.2) is 0 Å². The second kappa shape index (κ2) is 8.40. The third-order valence-corrected chi connectivity index (χ3v) is 5.43. The van der Waals surface area contributed by atoms with Crippen LogP contribution in [0.25, 0.3) is 28.0 Å². The lowest BCUT2D eigenvalue weighted by atomic mass is 10.0. The summed E-state index contributed by atoms with van der Waals surface area (Å²) in [5.74, 6) is 1.41. The Bertz CT molecular complexity index is 1320. The molecule has 0 fully saturated rings. The van der Waals surface area contributed by atoms with Gasteiger partial charge in [0, 0.05) is 12.7 Å². The second-order valence-corrected chi connectivity index (χ2v) is 7.53. The Labute approximate surface area is 181 Å². The number of imidazole rings is 1. The van der Waals surface area contributed by atoms with Gasteiger partial charge in [-0.05, 0) is 53.8 Å². The highest BCUT2D eigenvalue weighted by molar-refractivity contribution is 5.84. The summed E-state index contributed by atoms with van der Waals surface area (Å²) in [6.07, 6.45) is 4.52. The van der Waals surface area contributed by atoms with E-state index >= 15 is 0 Å². The van der Waals surface area contributed by atoms with E-state index in [-0.39, 0.29) is 0 Å². The van der Waals surface area contributed by atoms with Crippen molar-refractivity contribution in [2.24, 2.45) is 0 Å². The van der Waals surface area contributed by atoms with E-state index in [4.69, 9.17) is 4.98 Å². The van der Waals surface area contributed by atoms with Crippen LogP contribution in [0.5, 0.6) is 0 Å². The third-order valence-electron chi connectivity index (χ3n) is 5.43. The van der Waals surface area contributed by atoms with Gasteiger partial charge in [-0.3, -0.25) is 4.57 Å². The lowest BCUT2D eigenvalue weighted by Crippen LogP contribution is -2.09. The molecule has 5 aromatic rings. The van der Waals surface area contributed by atoms with Crippen LogP contribution in [0.15, 0.2) is 91.4 Å². The van der Waals surface area contributed by atoms with Gasteiger partial charge in [-0.15, -0.1) is 0 Å². The first-order valence-electron chi connectivity index (χ1n) is 10.4. The van der Waals surface area contributed by atoms with E-state index in [0.717, 1.165) is 29.8 Å². The molecule has 31 heavy (non-hydrogen) atoms. The zero-order valence-electron chi connectivity index (χ0n) is 17.4. The minimum absolute atomic E-state index is 0.617. The van der Waals surface area contributed by atoms with Crippen molar-refractivity contribution in [3.63, 3.8) is 0 Å². The number of fused-ring (bicyclic) bond motifs is 1. The van der Waals surface area contributed by atoms with Crippen LogP contribution in [-0.2, 0) is 6.42 Å². The van der Waals surface area contributed by atoms with Crippen LogP contribution in [0.2, 0.25) is 0 Å². The minimum Gasteiger partial charge on any atom is -0.354 e. The van der Waals surface area contributed by atoms with E-state index in [9.17, 15) is 0 Å². The quantitative estimate of drug-likeness (QED) is 0.408. The van der Waals surface area contributed by atoms with Gasteiger partial charge < -0.3 is 5.32 Å². The number of aromatic nitrogens is 4. The van der Waals surface area contributed by atoms with Crippen LogP contribution in [0, 0.1) is 6.92 Å². The number of nitrogens with zero attached hydrogens (tertiary/aromatic N) is 4. The van der Waals surface area contributed by atoms with Gasteiger partial charge in [0.2, 0.25) is 5.95 Å². The maximum Gasteiger partial charge on any atom is 0.224 e. The number of rotatable bonds is 6. The van der Waals surface area contributed by atoms with Crippen molar-refractivity contribution < 1.29 is 0 Å². The summed E-state index contributed by atoms with van der Waals surface area (Å²) in [5, 5.41) is 3.32. The van der Waals surface area contributed by atoms with E-state index in [0.29, 0.717) is 5.95 Å². The zero-order valence-corrected chi connectivity index (χ0v) is 17.4. The standard InChI is InChI=1S/C26H23N5/c1-19-7-5-6-10-22(19)21-11-12-24-23(17-21)29-18-31(24)25-14-16-28-26(30-25)27-15-13-20-8-3-2-4-9-20/h2-12,14,16-18H,13,15H2,1H3,(H,27,28,30). The molecule has 0 spiro atoms. The number of nitrogens with one attached hydrogen (secondary N) is 1. The highest BCUT2D eigenvalue weighted by Crippen LogP contribution is 2.27. The van der Waals surface area contributed by atoms with E-state index in [2.05, 4.69) is 88.9 Å². The fraction of sp³-hybridized carbons (Fsp3) is 0.115. The summed E-state index contributed by atoms with van der Waals surface area (Å²) in [7, 11) is 0. The maximum atomic E-state index is 4.69. The van der Waals surface area contributed by atoms with Gasteiger partial charge in [-0.2, -0.15) is 4.98 Å². The molecule has 0 atom stereocenters. The van der Waals surface area contributed by atoms with E-state index in [1.165, 1.54) is 22.3 Å².